The lowest BCUT2D eigenvalue weighted by molar-refractivity contribution is 0.188. The van der Waals surface area contributed by atoms with Gasteiger partial charge in [-0.3, -0.25) is 0 Å². The number of rotatable bonds is 8. The van der Waals surface area contributed by atoms with Crippen molar-refractivity contribution in [1.29, 1.82) is 0 Å². The molecule has 0 bridgehead atoms. The van der Waals surface area contributed by atoms with Crippen molar-refractivity contribution in [1.82, 2.24) is 13.5 Å². The fraction of sp³-hybridized carbons (Fsp3) is 0.222. The first-order valence-corrected chi connectivity index (χ1v) is 12.9. The first-order chi connectivity index (χ1) is 17.4. The van der Waals surface area contributed by atoms with E-state index < -0.39 is 10.0 Å². The van der Waals surface area contributed by atoms with Crippen LogP contribution in [0.15, 0.2) is 71.9 Å². The number of pyridine rings is 1. The molecule has 0 aliphatic carbocycles. The molecule has 0 aliphatic rings. The van der Waals surface area contributed by atoms with Gasteiger partial charge >= 0.3 is 0 Å². The molecule has 0 saturated heterocycles. The van der Waals surface area contributed by atoms with Crippen LogP contribution < -0.4 is 9.47 Å². The maximum atomic E-state index is 14.0. The Morgan fingerprint density at radius 1 is 0.944 bits per heavy atom. The van der Waals surface area contributed by atoms with Crippen LogP contribution in [0.25, 0.3) is 33.2 Å². The van der Waals surface area contributed by atoms with E-state index in [0.717, 1.165) is 27.4 Å². The summed E-state index contributed by atoms with van der Waals surface area (Å²) in [6, 6.07) is 16.1. The minimum absolute atomic E-state index is 0.194. The molecule has 186 valence electrons. The molecular weight excluding hydrogens is 478 g/mol. The highest BCUT2D eigenvalue weighted by Gasteiger charge is 2.27. The number of fused-ring (bicyclic) bond motifs is 2. The number of hydrogen-bond donors (Lipinski definition) is 0. The Bertz CT molecular complexity index is 1670. The molecule has 8 nitrogen and oxygen atoms in total. The van der Waals surface area contributed by atoms with Crippen LogP contribution in [0.4, 0.5) is 0 Å². The molecule has 9 heteroatoms. The van der Waals surface area contributed by atoms with Gasteiger partial charge in [-0.05, 0) is 43.3 Å². The number of hydrogen-bond acceptors (Lipinski definition) is 6. The smallest absolute Gasteiger partial charge is 0.269 e. The molecule has 3 heterocycles. The number of methoxy groups -OCH3 is 3. The summed E-state index contributed by atoms with van der Waals surface area (Å²) in [5, 5.41) is 1.55. The van der Waals surface area contributed by atoms with Crippen LogP contribution in [0.3, 0.4) is 0 Å². The zero-order valence-corrected chi connectivity index (χ0v) is 21.4. The zero-order valence-electron chi connectivity index (χ0n) is 20.6. The molecule has 0 aliphatic heterocycles. The van der Waals surface area contributed by atoms with Crippen molar-refractivity contribution in [3.05, 3.63) is 72.6 Å². The third kappa shape index (κ3) is 3.90. The first kappa shape index (κ1) is 23.9. The van der Waals surface area contributed by atoms with Gasteiger partial charge in [0.2, 0.25) is 0 Å². The Morgan fingerprint density at radius 3 is 2.36 bits per heavy atom. The Labute approximate surface area is 209 Å². The number of ether oxygens (including phenoxy) is 3. The second-order valence-corrected chi connectivity index (χ2v) is 10.3. The lowest BCUT2D eigenvalue weighted by Crippen LogP contribution is -2.14. The summed E-state index contributed by atoms with van der Waals surface area (Å²) in [7, 11) is 0.854. The third-order valence-electron chi connectivity index (χ3n) is 6.28. The molecule has 0 N–H and O–H groups in total. The number of aryl methyl sites for hydroxylation is 1. The van der Waals surface area contributed by atoms with Gasteiger partial charge in [0, 0.05) is 48.5 Å². The molecule has 3 aromatic heterocycles. The molecule has 36 heavy (non-hydrogen) atoms. The van der Waals surface area contributed by atoms with Gasteiger partial charge < -0.3 is 18.8 Å². The summed E-state index contributed by atoms with van der Waals surface area (Å²) in [4.78, 5) is 4.64. The van der Waals surface area contributed by atoms with Crippen molar-refractivity contribution >= 4 is 32.0 Å². The molecule has 0 fully saturated rings. The molecule has 0 radical (unpaired) electrons. The normalized spacial score (nSPS) is 11.9. The summed E-state index contributed by atoms with van der Waals surface area (Å²) < 4.78 is 47.8. The van der Waals surface area contributed by atoms with Gasteiger partial charge in [0.25, 0.3) is 10.0 Å². The van der Waals surface area contributed by atoms with E-state index in [9.17, 15) is 8.42 Å². The average Bonchev–Trinajstić information content (AvgIpc) is 3.45. The number of nitrogens with zero attached hydrogens (tertiary/aromatic N) is 3. The van der Waals surface area contributed by atoms with E-state index in [-0.39, 0.29) is 4.90 Å². The summed E-state index contributed by atoms with van der Waals surface area (Å²) in [6.45, 7) is 2.99. The molecule has 2 aromatic carbocycles. The van der Waals surface area contributed by atoms with Gasteiger partial charge in [0.05, 0.1) is 36.9 Å². The van der Waals surface area contributed by atoms with E-state index in [1.165, 1.54) is 3.97 Å². The number of benzene rings is 2. The molecule has 5 rings (SSSR count). The van der Waals surface area contributed by atoms with Crippen LogP contribution in [-0.2, 0) is 21.3 Å². The molecule has 0 amide bonds. The van der Waals surface area contributed by atoms with E-state index in [1.807, 2.05) is 42.0 Å². The lowest BCUT2D eigenvalue weighted by atomic mass is 10.1. The van der Waals surface area contributed by atoms with E-state index >= 15 is 0 Å². The van der Waals surface area contributed by atoms with Crippen molar-refractivity contribution in [2.75, 3.05) is 27.9 Å². The summed E-state index contributed by atoms with van der Waals surface area (Å²) in [5.74, 6) is 1.14. The quantitative estimate of drug-likeness (QED) is 0.299. The molecule has 0 unspecified atom stereocenters. The van der Waals surface area contributed by atoms with Crippen molar-refractivity contribution < 1.29 is 22.6 Å². The maximum absolute atomic E-state index is 14.0. The minimum Gasteiger partial charge on any atom is -0.493 e. The van der Waals surface area contributed by atoms with Crippen molar-refractivity contribution in [2.45, 2.75) is 18.4 Å². The Morgan fingerprint density at radius 2 is 1.67 bits per heavy atom. The Balaban J connectivity index is 1.84. The van der Waals surface area contributed by atoms with E-state index in [2.05, 4.69) is 4.98 Å². The van der Waals surface area contributed by atoms with Crippen LogP contribution in [0.5, 0.6) is 11.5 Å². The predicted octanol–water partition coefficient (Wildman–Crippen LogP) is 4.87. The first-order valence-electron chi connectivity index (χ1n) is 11.4. The largest absolute Gasteiger partial charge is 0.493 e. The Hall–Kier alpha value is -3.82. The fourth-order valence-electron chi connectivity index (χ4n) is 4.45. The van der Waals surface area contributed by atoms with Gasteiger partial charge in [-0.15, -0.1) is 0 Å². The third-order valence-corrected chi connectivity index (χ3v) is 8.00. The predicted molar refractivity (Wildman–Crippen MR) is 139 cm³/mol. The maximum Gasteiger partial charge on any atom is 0.269 e. The van der Waals surface area contributed by atoms with Crippen LogP contribution in [0, 0.1) is 6.92 Å². The van der Waals surface area contributed by atoms with Crippen LogP contribution >= 0.6 is 0 Å². The van der Waals surface area contributed by atoms with Gasteiger partial charge in [-0.25, -0.2) is 17.4 Å². The van der Waals surface area contributed by atoms with Gasteiger partial charge in [-0.2, -0.15) is 0 Å². The average molecular weight is 506 g/mol. The zero-order chi connectivity index (χ0) is 25.4. The minimum atomic E-state index is -3.96. The monoisotopic (exact) mass is 505 g/mol. The molecule has 0 atom stereocenters. The van der Waals surface area contributed by atoms with E-state index in [0.29, 0.717) is 36.0 Å². The van der Waals surface area contributed by atoms with Crippen LogP contribution in [0.2, 0.25) is 0 Å². The highest BCUT2D eigenvalue weighted by Crippen LogP contribution is 2.41. The number of aromatic nitrogens is 3. The van der Waals surface area contributed by atoms with Crippen LogP contribution in [-0.4, -0.2) is 49.9 Å². The van der Waals surface area contributed by atoms with E-state index in [4.69, 9.17) is 14.2 Å². The Kier molecular flexibility index (Phi) is 6.19. The van der Waals surface area contributed by atoms with Gasteiger partial charge in [0.1, 0.15) is 0 Å². The topological polar surface area (TPSA) is 84.6 Å². The summed E-state index contributed by atoms with van der Waals surface area (Å²) in [6.07, 6.45) is 3.54. The SMILES string of the molecule is COCCn1cc(-c2cc3cccnc3n2S(=O)(=O)c2ccc(C)cc2)c2cc(OC)c(OC)cc21. The lowest BCUT2D eigenvalue weighted by Gasteiger charge is -2.12. The fourth-order valence-corrected chi connectivity index (χ4v) is 5.93. The van der Waals surface area contributed by atoms with E-state index in [1.54, 1.807) is 57.9 Å². The second kappa shape index (κ2) is 9.33. The standard InChI is InChI=1S/C27H27N3O5S/c1-18-7-9-20(10-8-18)36(31,32)30-24(14-19-6-5-11-28-27(19)30)22-17-29(12-13-33-2)23-16-26(35-4)25(34-3)15-21(22)23/h5-11,14-17H,12-13H2,1-4H3. The molecule has 0 spiro atoms. The molecule has 5 aromatic rings. The summed E-state index contributed by atoms with van der Waals surface area (Å²) >= 11 is 0. The molecule has 0 saturated carbocycles. The van der Waals surface area contributed by atoms with Crippen molar-refractivity contribution in [3.8, 4) is 22.8 Å². The molecular formula is C27H27N3O5S. The van der Waals surface area contributed by atoms with Gasteiger partial charge in [0.15, 0.2) is 17.1 Å². The highest BCUT2D eigenvalue weighted by molar-refractivity contribution is 7.90. The van der Waals surface area contributed by atoms with Crippen molar-refractivity contribution in [3.63, 3.8) is 0 Å². The summed E-state index contributed by atoms with van der Waals surface area (Å²) in [5.41, 5.74) is 3.46. The van der Waals surface area contributed by atoms with Gasteiger partial charge in [-0.1, -0.05) is 17.7 Å². The second-order valence-electron chi connectivity index (χ2n) is 8.48. The van der Waals surface area contributed by atoms with Crippen LogP contribution in [0.1, 0.15) is 5.56 Å². The highest BCUT2D eigenvalue weighted by atomic mass is 32.2. The van der Waals surface area contributed by atoms with Crippen molar-refractivity contribution in [2.24, 2.45) is 0 Å².